The molecule has 3 nitrogen and oxygen atoms in total. The summed E-state index contributed by atoms with van der Waals surface area (Å²) in [4.78, 5) is 5.16. The van der Waals surface area contributed by atoms with Gasteiger partial charge in [0.1, 0.15) is 5.60 Å². The van der Waals surface area contributed by atoms with Crippen LogP contribution in [0.4, 0.5) is 0 Å². The van der Waals surface area contributed by atoms with E-state index in [4.69, 9.17) is 14.5 Å². The number of benzene rings is 2. The van der Waals surface area contributed by atoms with Gasteiger partial charge in [0.15, 0.2) is 11.5 Å². The highest BCUT2D eigenvalue weighted by molar-refractivity contribution is 6.16. The van der Waals surface area contributed by atoms with Crippen molar-refractivity contribution in [3.63, 3.8) is 0 Å². The van der Waals surface area contributed by atoms with Crippen LogP contribution in [0.5, 0.6) is 11.5 Å². The fourth-order valence-electron chi connectivity index (χ4n) is 4.22. The van der Waals surface area contributed by atoms with E-state index in [1.165, 1.54) is 16.7 Å². The van der Waals surface area contributed by atoms with Crippen molar-refractivity contribution in [2.75, 3.05) is 0 Å². The SMILES string of the molecule is CC(C)Oc1cc2c(c3c1OC(C)(C)C3)C(c1ccccc1)=NC(C)(C)C2.Cl. The molecule has 0 saturated carbocycles. The van der Waals surface area contributed by atoms with E-state index in [0.717, 1.165) is 35.6 Å². The zero-order chi connectivity index (χ0) is 19.4. The zero-order valence-electron chi connectivity index (χ0n) is 17.6. The lowest BCUT2D eigenvalue weighted by molar-refractivity contribution is 0.128. The molecule has 2 aliphatic rings. The summed E-state index contributed by atoms with van der Waals surface area (Å²) in [5.41, 5.74) is 5.66. The molecule has 28 heavy (non-hydrogen) atoms. The monoisotopic (exact) mass is 399 g/mol. The average molecular weight is 400 g/mol. The highest BCUT2D eigenvalue weighted by Gasteiger charge is 2.39. The Labute approximate surface area is 174 Å². The van der Waals surface area contributed by atoms with Gasteiger partial charge in [-0.25, -0.2) is 0 Å². The zero-order valence-corrected chi connectivity index (χ0v) is 18.4. The number of rotatable bonds is 3. The van der Waals surface area contributed by atoms with Crippen molar-refractivity contribution in [2.45, 2.75) is 71.6 Å². The van der Waals surface area contributed by atoms with Crippen LogP contribution >= 0.6 is 12.4 Å². The van der Waals surface area contributed by atoms with Crippen molar-refractivity contribution in [1.82, 2.24) is 0 Å². The van der Waals surface area contributed by atoms with Gasteiger partial charge in [-0.3, -0.25) is 4.99 Å². The maximum Gasteiger partial charge on any atom is 0.166 e. The summed E-state index contributed by atoms with van der Waals surface area (Å²) in [5, 5.41) is 0. The summed E-state index contributed by atoms with van der Waals surface area (Å²) in [6.45, 7) is 12.8. The Morgan fingerprint density at radius 2 is 1.71 bits per heavy atom. The summed E-state index contributed by atoms with van der Waals surface area (Å²) in [5.74, 6) is 1.77. The standard InChI is InChI=1S/C24H29NO2.ClH/c1-15(2)26-19-12-17-13-23(3,4)25-21(16-10-8-7-9-11-16)20(17)18-14-24(5,6)27-22(18)19;/h7-12,15H,13-14H2,1-6H3;1H. The Balaban J connectivity index is 0.00000225. The van der Waals surface area contributed by atoms with Crippen LogP contribution in [-0.4, -0.2) is 23.0 Å². The van der Waals surface area contributed by atoms with Gasteiger partial charge in [-0.05, 0) is 59.6 Å². The lowest BCUT2D eigenvalue weighted by atomic mass is 9.81. The first-order valence-electron chi connectivity index (χ1n) is 9.85. The molecule has 0 aliphatic carbocycles. The molecule has 0 N–H and O–H groups in total. The molecule has 0 aromatic heterocycles. The molecule has 0 radical (unpaired) electrons. The van der Waals surface area contributed by atoms with Crippen LogP contribution in [0.15, 0.2) is 41.4 Å². The molecular weight excluding hydrogens is 370 g/mol. The average Bonchev–Trinajstić information content (AvgIpc) is 2.89. The maximum atomic E-state index is 6.35. The van der Waals surface area contributed by atoms with E-state index >= 15 is 0 Å². The smallest absolute Gasteiger partial charge is 0.166 e. The molecule has 4 heteroatoms. The molecule has 2 aromatic rings. The van der Waals surface area contributed by atoms with Crippen LogP contribution in [0.2, 0.25) is 0 Å². The lowest BCUT2D eigenvalue weighted by Crippen LogP contribution is -2.30. The summed E-state index contributed by atoms with van der Waals surface area (Å²) in [7, 11) is 0. The molecule has 0 unspecified atom stereocenters. The first-order valence-corrected chi connectivity index (χ1v) is 9.85. The lowest BCUT2D eigenvalue weighted by Gasteiger charge is -2.31. The first-order chi connectivity index (χ1) is 12.7. The van der Waals surface area contributed by atoms with Crippen LogP contribution in [0, 0.1) is 0 Å². The number of hydrogen-bond acceptors (Lipinski definition) is 3. The van der Waals surface area contributed by atoms with Gasteiger partial charge in [-0.15, -0.1) is 12.4 Å². The molecule has 0 saturated heterocycles. The van der Waals surface area contributed by atoms with Crippen molar-refractivity contribution < 1.29 is 9.47 Å². The third-order valence-corrected chi connectivity index (χ3v) is 5.09. The fourth-order valence-corrected chi connectivity index (χ4v) is 4.22. The van der Waals surface area contributed by atoms with Crippen LogP contribution in [-0.2, 0) is 12.8 Å². The van der Waals surface area contributed by atoms with Crippen LogP contribution in [0.1, 0.15) is 63.8 Å². The summed E-state index contributed by atoms with van der Waals surface area (Å²) < 4.78 is 12.5. The quantitative estimate of drug-likeness (QED) is 0.654. The van der Waals surface area contributed by atoms with Gasteiger partial charge in [0.05, 0.1) is 17.4 Å². The van der Waals surface area contributed by atoms with Gasteiger partial charge >= 0.3 is 0 Å². The van der Waals surface area contributed by atoms with E-state index in [0.29, 0.717) is 0 Å². The summed E-state index contributed by atoms with van der Waals surface area (Å²) in [6.07, 6.45) is 1.88. The van der Waals surface area contributed by atoms with Crippen LogP contribution in [0.3, 0.4) is 0 Å². The first kappa shape index (κ1) is 20.7. The maximum absolute atomic E-state index is 6.35. The summed E-state index contributed by atoms with van der Waals surface area (Å²) in [6, 6.07) is 12.7. The number of aliphatic imine (C=N–C) groups is 1. The van der Waals surface area contributed by atoms with Crippen molar-refractivity contribution >= 4 is 18.1 Å². The molecule has 150 valence electrons. The van der Waals surface area contributed by atoms with Gasteiger partial charge < -0.3 is 9.47 Å². The Kier molecular flexibility index (Phi) is 5.26. The molecule has 2 heterocycles. The highest BCUT2D eigenvalue weighted by atomic mass is 35.5. The minimum atomic E-state index is -0.235. The van der Waals surface area contributed by atoms with Gasteiger partial charge in [0, 0.05) is 23.1 Å². The van der Waals surface area contributed by atoms with Crippen molar-refractivity contribution in [3.8, 4) is 11.5 Å². The van der Waals surface area contributed by atoms with Crippen molar-refractivity contribution in [3.05, 3.63) is 58.7 Å². The number of nitrogens with zero attached hydrogens (tertiary/aromatic N) is 1. The predicted molar refractivity (Wildman–Crippen MR) is 118 cm³/mol. The molecular formula is C24H30ClNO2. The Bertz CT molecular complexity index is 914. The third-order valence-electron chi connectivity index (χ3n) is 5.09. The minimum absolute atomic E-state index is 0. The van der Waals surface area contributed by atoms with Crippen molar-refractivity contribution in [2.24, 2.45) is 4.99 Å². The fraction of sp³-hybridized carbons (Fsp3) is 0.458. The molecule has 4 rings (SSSR count). The second-order valence-electron chi connectivity index (χ2n) is 9.24. The largest absolute Gasteiger partial charge is 0.487 e. The van der Waals surface area contributed by atoms with E-state index in [2.05, 4.69) is 77.9 Å². The Morgan fingerprint density at radius 3 is 2.36 bits per heavy atom. The van der Waals surface area contributed by atoms with Gasteiger partial charge in [0.25, 0.3) is 0 Å². The second kappa shape index (κ2) is 7.11. The highest BCUT2D eigenvalue weighted by Crippen LogP contribution is 2.48. The Morgan fingerprint density at radius 1 is 1.04 bits per heavy atom. The Hall–Kier alpha value is -2.00. The molecule has 0 atom stereocenters. The van der Waals surface area contributed by atoms with Crippen LogP contribution in [0.25, 0.3) is 0 Å². The number of halogens is 1. The van der Waals surface area contributed by atoms with Gasteiger partial charge in [-0.2, -0.15) is 0 Å². The molecule has 2 aromatic carbocycles. The number of hydrogen-bond donors (Lipinski definition) is 0. The normalized spacial score (nSPS) is 18.5. The van der Waals surface area contributed by atoms with Gasteiger partial charge in [-0.1, -0.05) is 30.3 Å². The topological polar surface area (TPSA) is 30.8 Å². The molecule has 0 spiro atoms. The van der Waals surface area contributed by atoms with E-state index in [9.17, 15) is 0 Å². The second-order valence-corrected chi connectivity index (χ2v) is 9.24. The number of fused-ring (bicyclic) bond motifs is 3. The van der Waals surface area contributed by atoms with E-state index in [1.54, 1.807) is 0 Å². The van der Waals surface area contributed by atoms with E-state index in [-0.39, 0.29) is 29.7 Å². The van der Waals surface area contributed by atoms with Crippen molar-refractivity contribution in [1.29, 1.82) is 0 Å². The van der Waals surface area contributed by atoms with E-state index in [1.807, 2.05) is 0 Å². The van der Waals surface area contributed by atoms with E-state index < -0.39 is 0 Å². The predicted octanol–water partition coefficient (Wildman–Crippen LogP) is 5.78. The van der Waals surface area contributed by atoms with Crippen LogP contribution < -0.4 is 9.47 Å². The number of ether oxygens (including phenoxy) is 2. The molecule has 0 fully saturated rings. The molecule has 0 bridgehead atoms. The minimum Gasteiger partial charge on any atom is -0.487 e. The molecule has 2 aliphatic heterocycles. The van der Waals surface area contributed by atoms with Gasteiger partial charge in [0.2, 0.25) is 0 Å². The third kappa shape index (κ3) is 3.77. The molecule has 0 amide bonds. The summed E-state index contributed by atoms with van der Waals surface area (Å²) >= 11 is 0.